The summed E-state index contributed by atoms with van der Waals surface area (Å²) in [6.07, 6.45) is 8.28. The largest absolute Gasteiger partial charge is 0.354 e. The second kappa shape index (κ2) is 8.47. The fourth-order valence-electron chi connectivity index (χ4n) is 4.79. The zero-order valence-electron chi connectivity index (χ0n) is 18.2. The highest BCUT2D eigenvalue weighted by atomic mass is 19.2. The molecule has 0 unspecified atom stereocenters. The highest BCUT2D eigenvalue weighted by Gasteiger charge is 2.26. The van der Waals surface area contributed by atoms with Crippen LogP contribution in [-0.4, -0.2) is 49.7 Å². The molecule has 2 N–H and O–H groups in total. The highest BCUT2D eigenvalue weighted by molar-refractivity contribution is 5.60. The Morgan fingerprint density at radius 3 is 2.32 bits per heavy atom. The second-order valence-corrected chi connectivity index (χ2v) is 8.79. The standard InChI is InChI=1S/C23H22F2N8O/c24-18-7-14-5-17(6-15(14)8-19(18)25)29-23-26-10-16(11-27-23)21-9-22(31-34-21)33-3-1-13(2-4-33)20-12-28-32-30-20/h7-13,17H,1-6H2,(H,26,27,29)(H,28,30,32). The summed E-state index contributed by atoms with van der Waals surface area (Å²) in [4.78, 5) is 11.0. The van der Waals surface area contributed by atoms with E-state index < -0.39 is 11.6 Å². The third-order valence-corrected chi connectivity index (χ3v) is 6.61. The van der Waals surface area contributed by atoms with E-state index in [4.69, 9.17) is 4.52 Å². The molecule has 3 aromatic heterocycles. The monoisotopic (exact) mass is 464 g/mol. The number of piperidine rings is 1. The minimum absolute atomic E-state index is 0.0147. The van der Waals surface area contributed by atoms with E-state index in [1.165, 1.54) is 12.1 Å². The SMILES string of the molecule is Fc1cc2c(cc1F)CC(Nc1ncc(-c3cc(N4CCC(c5cn[nH]n5)CC4)no3)cn1)C2. The van der Waals surface area contributed by atoms with E-state index in [1.54, 1.807) is 18.6 Å². The first-order valence-corrected chi connectivity index (χ1v) is 11.3. The Morgan fingerprint density at radius 2 is 1.68 bits per heavy atom. The lowest BCUT2D eigenvalue weighted by Gasteiger charge is -2.30. The second-order valence-electron chi connectivity index (χ2n) is 8.79. The molecule has 0 atom stereocenters. The summed E-state index contributed by atoms with van der Waals surface area (Å²) >= 11 is 0. The van der Waals surface area contributed by atoms with Crippen molar-refractivity contribution in [2.75, 3.05) is 23.3 Å². The van der Waals surface area contributed by atoms with Crippen LogP contribution in [-0.2, 0) is 12.8 Å². The lowest BCUT2D eigenvalue weighted by molar-refractivity contribution is 0.423. The van der Waals surface area contributed by atoms with Gasteiger partial charge in [0.1, 0.15) is 0 Å². The van der Waals surface area contributed by atoms with Crippen molar-refractivity contribution in [3.8, 4) is 11.3 Å². The zero-order chi connectivity index (χ0) is 23.1. The van der Waals surface area contributed by atoms with Gasteiger partial charge in [-0.05, 0) is 48.9 Å². The van der Waals surface area contributed by atoms with Crippen LogP contribution >= 0.6 is 0 Å². The predicted molar refractivity (Wildman–Crippen MR) is 119 cm³/mol. The van der Waals surface area contributed by atoms with Gasteiger partial charge in [-0.1, -0.05) is 5.16 Å². The summed E-state index contributed by atoms with van der Waals surface area (Å²) < 4.78 is 32.5. The fraction of sp³-hybridized carbons (Fsp3) is 0.348. The number of rotatable bonds is 5. The normalized spacial score (nSPS) is 16.7. The van der Waals surface area contributed by atoms with Crippen molar-refractivity contribution in [1.29, 1.82) is 0 Å². The van der Waals surface area contributed by atoms with Crippen LogP contribution < -0.4 is 10.2 Å². The third-order valence-electron chi connectivity index (χ3n) is 6.61. The Kier molecular flexibility index (Phi) is 5.16. The molecule has 4 heterocycles. The van der Waals surface area contributed by atoms with E-state index in [1.807, 2.05) is 6.07 Å². The van der Waals surface area contributed by atoms with Gasteiger partial charge in [-0.2, -0.15) is 15.4 Å². The maximum atomic E-state index is 13.5. The maximum absolute atomic E-state index is 13.5. The number of fused-ring (bicyclic) bond motifs is 1. The number of anilines is 2. The Labute approximate surface area is 193 Å². The van der Waals surface area contributed by atoms with Crippen LogP contribution in [0.25, 0.3) is 11.3 Å². The van der Waals surface area contributed by atoms with Gasteiger partial charge in [-0.15, -0.1) is 0 Å². The van der Waals surface area contributed by atoms with Crippen LogP contribution in [0.1, 0.15) is 35.6 Å². The van der Waals surface area contributed by atoms with Crippen LogP contribution in [0, 0.1) is 11.6 Å². The summed E-state index contributed by atoms with van der Waals surface area (Å²) in [6, 6.07) is 4.43. The van der Waals surface area contributed by atoms with Gasteiger partial charge in [0.05, 0.1) is 17.5 Å². The third kappa shape index (κ3) is 3.97. The number of benzene rings is 1. The molecule has 0 spiro atoms. The minimum Gasteiger partial charge on any atom is -0.354 e. The number of nitrogens with zero attached hydrogens (tertiary/aromatic N) is 6. The number of halogens is 2. The topological polar surface area (TPSA) is 109 Å². The van der Waals surface area contributed by atoms with Gasteiger partial charge in [-0.25, -0.2) is 18.7 Å². The lowest BCUT2D eigenvalue weighted by Crippen LogP contribution is -2.33. The molecule has 11 heteroatoms. The molecule has 174 valence electrons. The predicted octanol–water partition coefficient (Wildman–Crippen LogP) is 3.49. The first-order chi connectivity index (χ1) is 16.6. The number of aromatic amines is 1. The number of hydrogen-bond acceptors (Lipinski definition) is 8. The summed E-state index contributed by atoms with van der Waals surface area (Å²) in [6.45, 7) is 1.72. The minimum atomic E-state index is -0.814. The van der Waals surface area contributed by atoms with Gasteiger partial charge in [-0.3, -0.25) is 0 Å². The average molecular weight is 464 g/mol. The van der Waals surface area contributed by atoms with Crippen molar-refractivity contribution in [2.24, 2.45) is 0 Å². The van der Waals surface area contributed by atoms with E-state index in [2.05, 4.69) is 40.8 Å². The molecule has 1 aliphatic carbocycles. The molecule has 1 aromatic carbocycles. The molecule has 0 amide bonds. The van der Waals surface area contributed by atoms with Crippen molar-refractivity contribution in [3.63, 3.8) is 0 Å². The molecule has 34 heavy (non-hydrogen) atoms. The summed E-state index contributed by atoms with van der Waals surface area (Å²) in [5, 5.41) is 18.3. The van der Waals surface area contributed by atoms with Gasteiger partial charge < -0.3 is 14.7 Å². The molecule has 2 aliphatic rings. The first kappa shape index (κ1) is 20.7. The molecule has 1 saturated heterocycles. The Bertz CT molecular complexity index is 1250. The molecule has 1 aliphatic heterocycles. The molecule has 9 nitrogen and oxygen atoms in total. The fourth-order valence-corrected chi connectivity index (χ4v) is 4.79. The van der Waals surface area contributed by atoms with Crippen molar-refractivity contribution < 1.29 is 13.3 Å². The van der Waals surface area contributed by atoms with Crippen LogP contribution in [0.3, 0.4) is 0 Å². The van der Waals surface area contributed by atoms with Gasteiger partial charge in [0, 0.05) is 43.5 Å². The molecule has 0 radical (unpaired) electrons. The van der Waals surface area contributed by atoms with Crippen LogP contribution in [0.5, 0.6) is 0 Å². The van der Waals surface area contributed by atoms with Crippen molar-refractivity contribution >= 4 is 11.8 Å². The van der Waals surface area contributed by atoms with Gasteiger partial charge >= 0.3 is 0 Å². The maximum Gasteiger partial charge on any atom is 0.222 e. The van der Waals surface area contributed by atoms with E-state index in [0.717, 1.165) is 54.1 Å². The van der Waals surface area contributed by atoms with E-state index in [0.29, 0.717) is 30.5 Å². The van der Waals surface area contributed by atoms with E-state index >= 15 is 0 Å². The Morgan fingerprint density at radius 1 is 0.971 bits per heavy atom. The van der Waals surface area contributed by atoms with Gasteiger partial charge in [0.2, 0.25) is 5.95 Å². The summed E-state index contributed by atoms with van der Waals surface area (Å²) in [5.41, 5.74) is 3.35. The molecular weight excluding hydrogens is 442 g/mol. The van der Waals surface area contributed by atoms with Crippen LogP contribution in [0.2, 0.25) is 0 Å². The number of hydrogen-bond donors (Lipinski definition) is 2. The molecule has 4 aromatic rings. The molecular formula is C23H22F2N8O. The van der Waals surface area contributed by atoms with Gasteiger partial charge in [0.15, 0.2) is 23.2 Å². The number of nitrogens with one attached hydrogen (secondary N) is 2. The summed E-state index contributed by atoms with van der Waals surface area (Å²) in [7, 11) is 0. The number of H-pyrrole nitrogens is 1. The van der Waals surface area contributed by atoms with Crippen molar-refractivity contribution in [3.05, 3.63) is 65.2 Å². The molecule has 1 fully saturated rings. The van der Waals surface area contributed by atoms with Gasteiger partial charge in [0.25, 0.3) is 0 Å². The molecule has 0 bridgehead atoms. The quantitative estimate of drug-likeness (QED) is 0.462. The summed E-state index contributed by atoms with van der Waals surface area (Å²) in [5.74, 6) is 0.618. The number of aromatic nitrogens is 6. The van der Waals surface area contributed by atoms with Crippen LogP contribution in [0.15, 0.2) is 41.3 Å². The van der Waals surface area contributed by atoms with Crippen molar-refractivity contribution in [2.45, 2.75) is 37.6 Å². The smallest absolute Gasteiger partial charge is 0.222 e. The Hall–Kier alpha value is -3.89. The highest BCUT2D eigenvalue weighted by Crippen LogP contribution is 2.31. The van der Waals surface area contributed by atoms with Crippen LogP contribution in [0.4, 0.5) is 20.5 Å². The first-order valence-electron chi connectivity index (χ1n) is 11.3. The Balaban J connectivity index is 1.07. The zero-order valence-corrected chi connectivity index (χ0v) is 18.2. The molecule has 0 saturated carbocycles. The molecule has 6 rings (SSSR count). The lowest BCUT2D eigenvalue weighted by atomic mass is 9.94. The average Bonchev–Trinajstić information content (AvgIpc) is 3.61. The van der Waals surface area contributed by atoms with E-state index in [-0.39, 0.29) is 6.04 Å². The van der Waals surface area contributed by atoms with Crippen molar-refractivity contribution in [1.82, 2.24) is 30.5 Å². The van der Waals surface area contributed by atoms with E-state index in [9.17, 15) is 8.78 Å².